The first-order valence-electron chi connectivity index (χ1n) is 6.46. The molecule has 2 atom stereocenters. The Hall–Kier alpha value is -0.820. The van der Waals surface area contributed by atoms with Crippen molar-refractivity contribution in [3.8, 4) is 0 Å². The van der Waals surface area contributed by atoms with Gasteiger partial charge in [0.1, 0.15) is 0 Å². The molecule has 1 fully saturated rings. The summed E-state index contributed by atoms with van der Waals surface area (Å²) in [5, 5.41) is 0. The second-order valence-electron chi connectivity index (χ2n) is 5.56. The van der Waals surface area contributed by atoms with E-state index in [-0.39, 0.29) is 5.54 Å². The van der Waals surface area contributed by atoms with Gasteiger partial charge in [-0.25, -0.2) is 0 Å². The molecule has 2 unspecified atom stereocenters. The molecule has 0 radical (unpaired) electrons. The van der Waals surface area contributed by atoms with E-state index in [0.29, 0.717) is 0 Å². The maximum Gasteiger partial charge on any atom is 0.0409 e. The molecule has 0 bridgehead atoms. The van der Waals surface area contributed by atoms with Gasteiger partial charge in [-0.1, -0.05) is 49.6 Å². The minimum atomic E-state index is -0.0710. The standard InChI is InChI=1S/C15H23N/c1-12-4-3-10-15(16,11-9-12)14-7-5-13(2)6-8-14/h5-8,12H,3-4,9-11,16H2,1-2H3. The monoisotopic (exact) mass is 217 g/mol. The quantitative estimate of drug-likeness (QED) is 0.712. The van der Waals surface area contributed by atoms with Crippen LogP contribution in [0.25, 0.3) is 0 Å². The van der Waals surface area contributed by atoms with Gasteiger partial charge in [0.05, 0.1) is 0 Å². The summed E-state index contributed by atoms with van der Waals surface area (Å²) in [6, 6.07) is 8.78. The fraction of sp³-hybridized carbons (Fsp3) is 0.600. The van der Waals surface area contributed by atoms with Crippen molar-refractivity contribution in [1.82, 2.24) is 0 Å². The molecule has 2 N–H and O–H groups in total. The second kappa shape index (κ2) is 4.58. The molecule has 1 aliphatic carbocycles. The van der Waals surface area contributed by atoms with Gasteiger partial charge >= 0.3 is 0 Å². The Kier molecular flexibility index (Phi) is 3.34. The van der Waals surface area contributed by atoms with Crippen LogP contribution in [0.2, 0.25) is 0 Å². The van der Waals surface area contributed by atoms with E-state index < -0.39 is 0 Å². The third-order valence-corrected chi connectivity index (χ3v) is 4.03. The van der Waals surface area contributed by atoms with Crippen molar-refractivity contribution in [2.24, 2.45) is 11.7 Å². The lowest BCUT2D eigenvalue weighted by Gasteiger charge is -2.29. The van der Waals surface area contributed by atoms with Gasteiger partial charge in [-0.3, -0.25) is 0 Å². The lowest BCUT2D eigenvalue weighted by atomic mass is 9.83. The van der Waals surface area contributed by atoms with E-state index in [9.17, 15) is 0 Å². The van der Waals surface area contributed by atoms with Gasteiger partial charge < -0.3 is 5.73 Å². The van der Waals surface area contributed by atoms with Gasteiger partial charge in [0, 0.05) is 5.54 Å². The molecule has 0 aliphatic heterocycles. The van der Waals surface area contributed by atoms with E-state index in [1.54, 1.807) is 0 Å². The average Bonchev–Trinajstić information content (AvgIpc) is 2.43. The molecule has 0 saturated heterocycles. The summed E-state index contributed by atoms with van der Waals surface area (Å²) in [7, 11) is 0. The van der Waals surface area contributed by atoms with Crippen molar-refractivity contribution < 1.29 is 0 Å². The van der Waals surface area contributed by atoms with Crippen LogP contribution < -0.4 is 5.73 Å². The molecule has 1 aliphatic rings. The lowest BCUT2D eigenvalue weighted by Crippen LogP contribution is -2.36. The predicted octanol–water partition coefficient (Wildman–Crippen LogP) is 3.75. The molecule has 1 aromatic carbocycles. The highest BCUT2D eigenvalue weighted by Crippen LogP contribution is 2.35. The van der Waals surface area contributed by atoms with E-state index in [0.717, 1.165) is 18.8 Å². The molecule has 88 valence electrons. The number of hydrogen-bond acceptors (Lipinski definition) is 1. The largest absolute Gasteiger partial charge is 0.321 e. The number of benzene rings is 1. The van der Waals surface area contributed by atoms with Gasteiger partial charge in [0.25, 0.3) is 0 Å². The fourth-order valence-electron chi connectivity index (χ4n) is 2.71. The summed E-state index contributed by atoms with van der Waals surface area (Å²) in [4.78, 5) is 0. The Morgan fingerprint density at radius 1 is 1.12 bits per heavy atom. The number of hydrogen-bond donors (Lipinski definition) is 1. The lowest BCUT2D eigenvalue weighted by molar-refractivity contribution is 0.378. The summed E-state index contributed by atoms with van der Waals surface area (Å²) < 4.78 is 0. The van der Waals surface area contributed by atoms with Gasteiger partial charge in [0.2, 0.25) is 0 Å². The van der Waals surface area contributed by atoms with Crippen LogP contribution in [-0.4, -0.2) is 0 Å². The van der Waals surface area contributed by atoms with E-state index in [1.165, 1.54) is 30.4 Å². The van der Waals surface area contributed by atoms with Gasteiger partial charge in [-0.2, -0.15) is 0 Å². The first-order chi connectivity index (χ1) is 7.60. The zero-order valence-electron chi connectivity index (χ0n) is 10.5. The topological polar surface area (TPSA) is 26.0 Å². The molecular weight excluding hydrogens is 194 g/mol. The predicted molar refractivity (Wildman–Crippen MR) is 69.3 cm³/mol. The van der Waals surface area contributed by atoms with Crippen LogP contribution in [0, 0.1) is 12.8 Å². The van der Waals surface area contributed by atoms with Crippen molar-refractivity contribution >= 4 is 0 Å². The van der Waals surface area contributed by atoms with Crippen LogP contribution in [0.3, 0.4) is 0 Å². The summed E-state index contributed by atoms with van der Waals surface area (Å²) in [6.45, 7) is 4.48. The molecule has 1 nitrogen and oxygen atoms in total. The molecule has 16 heavy (non-hydrogen) atoms. The van der Waals surface area contributed by atoms with Crippen molar-refractivity contribution in [3.63, 3.8) is 0 Å². The third kappa shape index (κ3) is 2.46. The number of rotatable bonds is 1. The maximum absolute atomic E-state index is 6.59. The third-order valence-electron chi connectivity index (χ3n) is 4.03. The van der Waals surface area contributed by atoms with Gasteiger partial charge in [-0.05, 0) is 37.7 Å². The zero-order valence-corrected chi connectivity index (χ0v) is 10.5. The summed E-state index contributed by atoms with van der Waals surface area (Å²) >= 11 is 0. The summed E-state index contributed by atoms with van der Waals surface area (Å²) in [6.07, 6.45) is 6.15. The van der Waals surface area contributed by atoms with Crippen molar-refractivity contribution in [3.05, 3.63) is 35.4 Å². The normalized spacial score (nSPS) is 31.1. The Balaban J connectivity index is 2.20. The highest BCUT2D eigenvalue weighted by atomic mass is 14.7. The zero-order chi connectivity index (χ0) is 11.6. The molecule has 1 heteroatoms. The maximum atomic E-state index is 6.59. The molecule has 1 saturated carbocycles. The highest BCUT2D eigenvalue weighted by molar-refractivity contribution is 5.27. The Morgan fingerprint density at radius 3 is 2.50 bits per heavy atom. The van der Waals surface area contributed by atoms with Crippen LogP contribution in [-0.2, 0) is 5.54 Å². The second-order valence-corrected chi connectivity index (χ2v) is 5.56. The van der Waals surface area contributed by atoms with Crippen molar-refractivity contribution in [2.75, 3.05) is 0 Å². The van der Waals surface area contributed by atoms with E-state index >= 15 is 0 Å². The number of nitrogens with two attached hydrogens (primary N) is 1. The van der Waals surface area contributed by atoms with Crippen molar-refractivity contribution in [2.45, 2.75) is 51.5 Å². The average molecular weight is 217 g/mol. The molecule has 0 aromatic heterocycles. The van der Waals surface area contributed by atoms with Crippen LogP contribution in [0.5, 0.6) is 0 Å². The van der Waals surface area contributed by atoms with E-state index in [4.69, 9.17) is 5.73 Å². The fourth-order valence-corrected chi connectivity index (χ4v) is 2.71. The minimum Gasteiger partial charge on any atom is -0.321 e. The van der Waals surface area contributed by atoms with Crippen LogP contribution in [0.15, 0.2) is 24.3 Å². The molecule has 0 heterocycles. The van der Waals surface area contributed by atoms with E-state index in [2.05, 4.69) is 38.1 Å². The molecule has 1 aromatic rings. The van der Waals surface area contributed by atoms with Crippen LogP contribution in [0.4, 0.5) is 0 Å². The molecule has 0 spiro atoms. The highest BCUT2D eigenvalue weighted by Gasteiger charge is 2.29. The smallest absolute Gasteiger partial charge is 0.0409 e. The molecule has 2 rings (SSSR count). The Labute approximate surface area is 99.0 Å². The van der Waals surface area contributed by atoms with E-state index in [1.807, 2.05) is 0 Å². The SMILES string of the molecule is Cc1ccc(C2(N)CCCC(C)CC2)cc1. The molecular formula is C15H23N. The Morgan fingerprint density at radius 2 is 1.81 bits per heavy atom. The first-order valence-corrected chi connectivity index (χ1v) is 6.46. The van der Waals surface area contributed by atoms with Crippen molar-refractivity contribution in [1.29, 1.82) is 0 Å². The van der Waals surface area contributed by atoms with Crippen LogP contribution in [0.1, 0.15) is 50.2 Å². The minimum absolute atomic E-state index is 0.0710. The Bertz CT molecular complexity index is 341. The number of aryl methyl sites for hydroxylation is 1. The summed E-state index contributed by atoms with van der Waals surface area (Å²) in [5.74, 6) is 0.843. The summed E-state index contributed by atoms with van der Waals surface area (Å²) in [5.41, 5.74) is 9.16. The molecule has 0 amide bonds. The van der Waals surface area contributed by atoms with Crippen LogP contribution >= 0.6 is 0 Å². The van der Waals surface area contributed by atoms with Gasteiger partial charge in [-0.15, -0.1) is 0 Å². The van der Waals surface area contributed by atoms with Gasteiger partial charge in [0.15, 0.2) is 0 Å². The first kappa shape index (κ1) is 11.7.